The van der Waals surface area contributed by atoms with E-state index < -0.39 is 0 Å². The highest BCUT2D eigenvalue weighted by Crippen LogP contribution is 2.26. The van der Waals surface area contributed by atoms with Crippen LogP contribution in [0.5, 0.6) is 0 Å². The van der Waals surface area contributed by atoms with E-state index >= 15 is 0 Å². The minimum Gasteiger partial charge on any atom is -0.372 e. The average molecular weight is 240 g/mol. The highest BCUT2D eigenvalue weighted by Gasteiger charge is 2.32. The first-order valence-electron chi connectivity index (χ1n) is 7.47. The number of ether oxygens (including phenoxy) is 1. The van der Waals surface area contributed by atoms with E-state index in [2.05, 4.69) is 17.1 Å². The Bertz CT molecular complexity index is 198. The van der Waals surface area contributed by atoms with Gasteiger partial charge in [-0.1, -0.05) is 13.3 Å². The van der Waals surface area contributed by atoms with Gasteiger partial charge in [-0.2, -0.15) is 0 Å². The predicted molar refractivity (Wildman–Crippen MR) is 71.3 cm³/mol. The van der Waals surface area contributed by atoms with Gasteiger partial charge in [-0.15, -0.1) is 0 Å². The van der Waals surface area contributed by atoms with Crippen molar-refractivity contribution in [1.82, 2.24) is 10.2 Å². The van der Waals surface area contributed by atoms with E-state index in [9.17, 15) is 0 Å². The largest absolute Gasteiger partial charge is 0.372 e. The molecule has 3 heteroatoms. The molecule has 0 aromatic heterocycles. The monoisotopic (exact) mass is 240 g/mol. The summed E-state index contributed by atoms with van der Waals surface area (Å²) in [5, 5.41) is 3.46. The van der Waals surface area contributed by atoms with Crippen molar-refractivity contribution in [3.63, 3.8) is 0 Å². The van der Waals surface area contributed by atoms with Crippen molar-refractivity contribution in [3.05, 3.63) is 0 Å². The van der Waals surface area contributed by atoms with Crippen LogP contribution in [0.2, 0.25) is 0 Å². The number of hydrogen-bond donors (Lipinski definition) is 1. The van der Waals surface area contributed by atoms with Crippen molar-refractivity contribution in [1.29, 1.82) is 0 Å². The quantitative estimate of drug-likeness (QED) is 0.657. The average Bonchev–Trinajstić information content (AvgIpc) is 2.68. The third-order valence-electron chi connectivity index (χ3n) is 3.87. The molecule has 2 unspecified atom stereocenters. The van der Waals surface area contributed by atoms with Crippen molar-refractivity contribution in [2.24, 2.45) is 0 Å². The zero-order chi connectivity index (χ0) is 11.9. The molecule has 2 fully saturated rings. The lowest BCUT2D eigenvalue weighted by atomic mass is 10.2. The van der Waals surface area contributed by atoms with Gasteiger partial charge in [0.2, 0.25) is 0 Å². The standard InChI is InChI=1S/C14H28N2O/c1-2-8-15-9-4-3-5-10-16-11-13-6-7-14(12-16)17-13/h13-15H,2-12H2,1H3. The Morgan fingerprint density at radius 1 is 1.06 bits per heavy atom. The summed E-state index contributed by atoms with van der Waals surface area (Å²) in [4.78, 5) is 2.62. The van der Waals surface area contributed by atoms with Gasteiger partial charge >= 0.3 is 0 Å². The molecule has 2 rings (SSSR count). The second kappa shape index (κ2) is 7.34. The SMILES string of the molecule is CCCNCCCCCN1CC2CCC(C1)O2. The molecule has 0 aromatic rings. The number of nitrogens with one attached hydrogen (secondary N) is 1. The first kappa shape index (κ1) is 13.3. The van der Waals surface area contributed by atoms with Gasteiger partial charge < -0.3 is 10.1 Å². The minimum atomic E-state index is 0.556. The summed E-state index contributed by atoms with van der Waals surface area (Å²) in [5.41, 5.74) is 0. The van der Waals surface area contributed by atoms with Crippen molar-refractivity contribution < 1.29 is 4.74 Å². The first-order valence-corrected chi connectivity index (χ1v) is 7.47. The molecule has 2 aliphatic rings. The molecule has 2 atom stereocenters. The lowest BCUT2D eigenvalue weighted by molar-refractivity contribution is -0.0385. The Labute approximate surface area is 106 Å². The Balaban J connectivity index is 1.45. The Kier molecular flexibility index (Phi) is 5.75. The van der Waals surface area contributed by atoms with E-state index in [1.54, 1.807) is 0 Å². The molecule has 17 heavy (non-hydrogen) atoms. The van der Waals surface area contributed by atoms with E-state index in [4.69, 9.17) is 4.74 Å². The van der Waals surface area contributed by atoms with Crippen LogP contribution in [0.1, 0.15) is 45.4 Å². The summed E-state index contributed by atoms with van der Waals surface area (Å²) in [6.45, 7) is 8.24. The molecule has 0 spiro atoms. The van der Waals surface area contributed by atoms with Crippen LogP contribution in [-0.4, -0.2) is 49.8 Å². The smallest absolute Gasteiger partial charge is 0.0707 e. The van der Waals surface area contributed by atoms with Crippen LogP contribution >= 0.6 is 0 Å². The van der Waals surface area contributed by atoms with E-state index in [1.807, 2.05) is 0 Å². The predicted octanol–water partition coefficient (Wildman–Crippen LogP) is 2.02. The molecule has 3 nitrogen and oxygen atoms in total. The second-order valence-electron chi connectivity index (χ2n) is 5.53. The summed E-state index contributed by atoms with van der Waals surface area (Å²) in [5.74, 6) is 0. The van der Waals surface area contributed by atoms with Gasteiger partial charge in [-0.05, 0) is 51.7 Å². The lowest BCUT2D eigenvalue weighted by Crippen LogP contribution is -2.42. The number of morpholine rings is 1. The van der Waals surface area contributed by atoms with Crippen molar-refractivity contribution in [2.45, 2.75) is 57.7 Å². The molecule has 0 aliphatic carbocycles. The fourth-order valence-electron chi connectivity index (χ4n) is 2.95. The molecular weight excluding hydrogens is 212 g/mol. The number of unbranched alkanes of at least 4 members (excludes halogenated alkanes) is 2. The summed E-state index contributed by atoms with van der Waals surface area (Å²) < 4.78 is 5.85. The molecule has 2 aliphatic heterocycles. The highest BCUT2D eigenvalue weighted by atomic mass is 16.5. The number of rotatable bonds is 8. The molecule has 2 bridgehead atoms. The third-order valence-corrected chi connectivity index (χ3v) is 3.87. The van der Waals surface area contributed by atoms with Gasteiger partial charge in [0.25, 0.3) is 0 Å². The van der Waals surface area contributed by atoms with Crippen LogP contribution < -0.4 is 5.32 Å². The van der Waals surface area contributed by atoms with Crippen LogP contribution in [0, 0.1) is 0 Å². The molecule has 0 aromatic carbocycles. The molecule has 1 N–H and O–H groups in total. The van der Waals surface area contributed by atoms with Crippen LogP contribution in [0.4, 0.5) is 0 Å². The first-order chi connectivity index (χ1) is 8.38. The fourth-order valence-corrected chi connectivity index (χ4v) is 2.95. The molecule has 100 valence electrons. The molecule has 2 saturated heterocycles. The Morgan fingerprint density at radius 2 is 1.82 bits per heavy atom. The highest BCUT2D eigenvalue weighted by molar-refractivity contribution is 4.84. The van der Waals surface area contributed by atoms with Gasteiger partial charge in [-0.3, -0.25) is 4.90 Å². The van der Waals surface area contributed by atoms with Gasteiger partial charge in [0.05, 0.1) is 12.2 Å². The van der Waals surface area contributed by atoms with E-state index in [1.165, 1.54) is 71.2 Å². The maximum absolute atomic E-state index is 5.85. The van der Waals surface area contributed by atoms with Crippen LogP contribution in [-0.2, 0) is 4.74 Å². The van der Waals surface area contributed by atoms with Gasteiger partial charge in [0.15, 0.2) is 0 Å². The number of likely N-dealkylation sites (tertiary alicyclic amines) is 1. The van der Waals surface area contributed by atoms with Gasteiger partial charge in [0, 0.05) is 13.1 Å². The van der Waals surface area contributed by atoms with Crippen molar-refractivity contribution in [3.8, 4) is 0 Å². The van der Waals surface area contributed by atoms with Crippen LogP contribution in [0.15, 0.2) is 0 Å². The zero-order valence-electron chi connectivity index (χ0n) is 11.3. The summed E-state index contributed by atoms with van der Waals surface area (Å²) in [6, 6.07) is 0. The summed E-state index contributed by atoms with van der Waals surface area (Å²) >= 11 is 0. The Hall–Kier alpha value is -0.120. The molecule has 0 radical (unpaired) electrons. The lowest BCUT2D eigenvalue weighted by Gasteiger charge is -2.32. The van der Waals surface area contributed by atoms with Gasteiger partial charge in [-0.25, -0.2) is 0 Å². The molecule has 0 amide bonds. The number of hydrogen-bond acceptors (Lipinski definition) is 3. The van der Waals surface area contributed by atoms with E-state index in [0.717, 1.165) is 0 Å². The van der Waals surface area contributed by atoms with E-state index in [0.29, 0.717) is 12.2 Å². The topological polar surface area (TPSA) is 24.5 Å². The van der Waals surface area contributed by atoms with E-state index in [-0.39, 0.29) is 0 Å². The number of nitrogens with zero attached hydrogens (tertiary/aromatic N) is 1. The molecule has 2 heterocycles. The summed E-state index contributed by atoms with van der Waals surface area (Å²) in [7, 11) is 0. The maximum atomic E-state index is 5.85. The molecule has 0 saturated carbocycles. The van der Waals surface area contributed by atoms with Crippen molar-refractivity contribution in [2.75, 3.05) is 32.7 Å². The van der Waals surface area contributed by atoms with Crippen molar-refractivity contribution >= 4 is 0 Å². The normalized spacial score (nSPS) is 28.8. The number of fused-ring (bicyclic) bond motifs is 2. The molecular formula is C14H28N2O. The minimum absolute atomic E-state index is 0.556. The van der Waals surface area contributed by atoms with Crippen LogP contribution in [0.3, 0.4) is 0 Å². The fraction of sp³-hybridized carbons (Fsp3) is 1.00. The van der Waals surface area contributed by atoms with Crippen LogP contribution in [0.25, 0.3) is 0 Å². The van der Waals surface area contributed by atoms with Gasteiger partial charge in [0.1, 0.15) is 0 Å². The Morgan fingerprint density at radius 3 is 2.53 bits per heavy atom. The zero-order valence-corrected chi connectivity index (χ0v) is 11.3. The maximum Gasteiger partial charge on any atom is 0.0707 e. The third kappa shape index (κ3) is 4.57. The summed E-state index contributed by atoms with van der Waals surface area (Å²) in [6.07, 6.45) is 8.99. The second-order valence-corrected chi connectivity index (χ2v) is 5.53.